The Balaban J connectivity index is 1.11. The second-order valence-electron chi connectivity index (χ2n) is 14.2. The third-order valence-corrected chi connectivity index (χ3v) is 9.96. The lowest BCUT2D eigenvalue weighted by molar-refractivity contribution is -0.190. The molecule has 2 N–H and O–H groups in total. The zero-order valence-electron chi connectivity index (χ0n) is 28.5. The molecule has 2 unspecified atom stereocenters. The Labute approximate surface area is 296 Å². The second-order valence-corrected chi connectivity index (χ2v) is 15.8. The molecular weight excluding hydrogens is 699 g/mol. The molecule has 3 aromatic rings. The second kappa shape index (κ2) is 14.4. The molecule has 2 aliphatic rings. The predicted octanol–water partition coefficient (Wildman–Crippen LogP) is 6.72. The highest BCUT2D eigenvalue weighted by molar-refractivity contribution is 7.83. The van der Waals surface area contributed by atoms with E-state index in [-0.39, 0.29) is 70.9 Å². The lowest BCUT2D eigenvalue weighted by Crippen LogP contribution is -2.45. The number of pyridine rings is 2. The molecule has 1 saturated carbocycles. The Hall–Kier alpha value is -3.92. The fourth-order valence-corrected chi connectivity index (χ4v) is 6.84. The van der Waals surface area contributed by atoms with Crippen molar-refractivity contribution in [3.63, 3.8) is 0 Å². The van der Waals surface area contributed by atoms with Crippen molar-refractivity contribution in [2.24, 2.45) is 11.3 Å². The van der Waals surface area contributed by atoms with Crippen molar-refractivity contribution < 1.29 is 36.4 Å². The van der Waals surface area contributed by atoms with Crippen molar-refractivity contribution in [1.82, 2.24) is 29.4 Å². The van der Waals surface area contributed by atoms with Crippen molar-refractivity contribution in [3.05, 3.63) is 53.3 Å². The van der Waals surface area contributed by atoms with Gasteiger partial charge >= 0.3 is 12.3 Å². The molecule has 4 heterocycles. The van der Waals surface area contributed by atoms with E-state index in [9.17, 15) is 27.0 Å². The molecule has 3 aromatic heterocycles. The van der Waals surface area contributed by atoms with E-state index < -0.39 is 34.1 Å². The first-order chi connectivity index (χ1) is 23.4. The van der Waals surface area contributed by atoms with Gasteiger partial charge in [-0.2, -0.15) is 13.2 Å². The van der Waals surface area contributed by atoms with Crippen LogP contribution in [-0.4, -0.2) is 77.9 Å². The number of alkyl halides is 3. The van der Waals surface area contributed by atoms with Gasteiger partial charge in [-0.1, -0.05) is 17.7 Å². The molecule has 1 aliphatic heterocycles. The largest absolute Gasteiger partial charge is 0.477 e. The van der Waals surface area contributed by atoms with Crippen LogP contribution >= 0.6 is 11.6 Å². The van der Waals surface area contributed by atoms with Crippen molar-refractivity contribution in [3.8, 4) is 11.7 Å². The summed E-state index contributed by atoms with van der Waals surface area (Å²) in [7, 11) is -2.02. The summed E-state index contributed by atoms with van der Waals surface area (Å²) in [5.74, 6) is 0.339. The normalized spacial score (nSPS) is 18.7. The van der Waals surface area contributed by atoms with Gasteiger partial charge in [-0.05, 0) is 96.9 Å². The molecule has 50 heavy (non-hydrogen) atoms. The summed E-state index contributed by atoms with van der Waals surface area (Å²) < 4.78 is 67.2. The van der Waals surface area contributed by atoms with Gasteiger partial charge in [0.1, 0.15) is 16.6 Å². The highest BCUT2D eigenvalue weighted by Gasteiger charge is 2.62. The smallest absolute Gasteiger partial charge is 0.410 e. The Morgan fingerprint density at radius 3 is 2.50 bits per heavy atom. The number of aromatic nitrogens is 4. The quantitative estimate of drug-likeness (QED) is 0.194. The number of ether oxygens (including phenoxy) is 2. The number of hydrogen-bond donors (Lipinski definition) is 2. The number of rotatable bonds is 12. The fourth-order valence-electron chi connectivity index (χ4n) is 5.84. The van der Waals surface area contributed by atoms with Gasteiger partial charge in [-0.15, -0.1) is 5.10 Å². The van der Waals surface area contributed by atoms with E-state index >= 15 is 0 Å². The van der Waals surface area contributed by atoms with Gasteiger partial charge in [-0.3, -0.25) is 9.52 Å². The lowest BCUT2D eigenvalue weighted by Gasteiger charge is -2.33. The van der Waals surface area contributed by atoms with Gasteiger partial charge in [0.25, 0.3) is 5.91 Å². The summed E-state index contributed by atoms with van der Waals surface area (Å²) in [5, 5.41) is 7.35. The monoisotopic (exact) mass is 739 g/mol. The summed E-state index contributed by atoms with van der Waals surface area (Å²) in [6.07, 6.45) is -1.43. The fraction of sp³-hybridized carbons (Fsp3) is 0.545. The van der Waals surface area contributed by atoms with Crippen LogP contribution in [0.25, 0.3) is 5.82 Å². The Bertz CT molecular complexity index is 1740. The van der Waals surface area contributed by atoms with Gasteiger partial charge in [0.05, 0.1) is 17.6 Å². The van der Waals surface area contributed by atoms with E-state index in [0.29, 0.717) is 18.9 Å². The number of nitrogens with zero attached hydrogens (tertiary/aromatic N) is 5. The van der Waals surface area contributed by atoms with Gasteiger partial charge in [-0.25, -0.2) is 23.7 Å². The minimum atomic E-state index is -4.25. The van der Waals surface area contributed by atoms with Crippen LogP contribution in [0.4, 0.5) is 23.8 Å². The van der Waals surface area contributed by atoms with E-state index in [1.54, 1.807) is 17.0 Å². The maximum Gasteiger partial charge on any atom is 0.410 e. The lowest BCUT2D eigenvalue weighted by atomic mass is 9.94. The minimum absolute atomic E-state index is 0.0385. The number of amides is 2. The van der Waals surface area contributed by atoms with Gasteiger partial charge in [0.2, 0.25) is 5.88 Å². The Morgan fingerprint density at radius 1 is 1.10 bits per heavy atom. The van der Waals surface area contributed by atoms with Gasteiger partial charge in [0, 0.05) is 30.9 Å². The molecular formula is C33H41ClF3N7O5S. The number of anilines is 1. The molecule has 1 aliphatic carbocycles. The number of carbonyl (C=O) groups excluding carboxylic acids is 2. The van der Waals surface area contributed by atoms with Gasteiger partial charge < -0.3 is 19.7 Å². The molecule has 2 amide bonds. The maximum atomic E-state index is 13.1. The molecule has 272 valence electrons. The van der Waals surface area contributed by atoms with Crippen molar-refractivity contribution in [2.75, 3.05) is 25.0 Å². The molecule has 2 fully saturated rings. The molecule has 5 rings (SSSR count). The number of hydrogen-bond acceptors (Lipinski definition) is 9. The Kier molecular flexibility index (Phi) is 10.7. The first-order valence-corrected chi connectivity index (χ1v) is 17.8. The molecule has 0 spiro atoms. The van der Waals surface area contributed by atoms with E-state index in [4.69, 9.17) is 21.1 Å². The average molecular weight is 740 g/mol. The van der Waals surface area contributed by atoms with E-state index in [1.165, 1.54) is 35.1 Å². The number of carbonyl (C=O) groups is 2. The summed E-state index contributed by atoms with van der Waals surface area (Å²) >= 11 is 6.30. The SMILES string of the molecule is CC(C)(C)OC(=O)N1CC(CCNc2cccc(S(=O)NC(=O)c3ccc(-n4ccc(OCCC5(C(F)(F)F)CC5)n4)nc3Cl)n2)CC1(C)C. The minimum Gasteiger partial charge on any atom is -0.477 e. The van der Waals surface area contributed by atoms with Crippen LogP contribution in [0.5, 0.6) is 5.88 Å². The molecule has 0 radical (unpaired) electrons. The van der Waals surface area contributed by atoms with Crippen LogP contribution in [0.2, 0.25) is 5.15 Å². The number of halogens is 4. The summed E-state index contributed by atoms with van der Waals surface area (Å²) in [6.45, 7) is 10.6. The van der Waals surface area contributed by atoms with Crippen LogP contribution in [0, 0.1) is 11.3 Å². The highest BCUT2D eigenvalue weighted by atomic mass is 35.5. The third-order valence-electron chi connectivity index (χ3n) is 8.69. The van der Waals surface area contributed by atoms with E-state index in [1.807, 2.05) is 34.6 Å². The summed E-state index contributed by atoms with van der Waals surface area (Å²) in [4.78, 5) is 36.0. The van der Waals surface area contributed by atoms with Crippen LogP contribution in [0.3, 0.4) is 0 Å². The van der Waals surface area contributed by atoms with E-state index in [2.05, 4.69) is 25.1 Å². The molecule has 17 heteroatoms. The first-order valence-electron chi connectivity index (χ1n) is 16.2. The predicted molar refractivity (Wildman–Crippen MR) is 181 cm³/mol. The van der Waals surface area contributed by atoms with Crippen molar-refractivity contribution in [2.45, 2.75) is 89.1 Å². The molecule has 1 saturated heterocycles. The number of nitrogens with one attached hydrogen (secondary N) is 2. The summed E-state index contributed by atoms with van der Waals surface area (Å²) in [6, 6.07) is 9.25. The van der Waals surface area contributed by atoms with Crippen LogP contribution < -0.4 is 14.8 Å². The number of likely N-dealkylation sites (tertiary alicyclic amines) is 1. The highest BCUT2D eigenvalue weighted by Crippen LogP contribution is 2.59. The standard InChI is InChI=1S/C33H41ClF3N7O5S/c1-30(2,3)49-29(46)43-20-21(19-31(43,4)5)11-16-38-23-7-6-8-26(39-23)50(47)42-28(45)22-9-10-24(40-27(22)34)44-17-12-25(41-44)48-18-15-32(13-14-32)33(35,36)37/h6-10,12,17,21H,11,13-16,18-20H2,1-5H3,(H,38,39)(H,42,45). The molecule has 0 bridgehead atoms. The zero-order chi connectivity index (χ0) is 36.5. The van der Waals surface area contributed by atoms with Gasteiger partial charge in [0.15, 0.2) is 21.8 Å². The van der Waals surface area contributed by atoms with E-state index in [0.717, 1.165) is 12.8 Å². The molecule has 0 aromatic carbocycles. The third kappa shape index (κ3) is 9.05. The molecule has 2 atom stereocenters. The zero-order valence-corrected chi connectivity index (χ0v) is 30.0. The first kappa shape index (κ1) is 37.3. The molecule has 12 nitrogen and oxygen atoms in total. The average Bonchev–Trinajstić information content (AvgIpc) is 3.56. The topological polar surface area (TPSA) is 141 Å². The van der Waals surface area contributed by atoms with Crippen molar-refractivity contribution >= 4 is 40.4 Å². The Morgan fingerprint density at radius 2 is 1.84 bits per heavy atom. The maximum absolute atomic E-state index is 13.1. The summed E-state index contributed by atoms with van der Waals surface area (Å²) in [5.41, 5.74) is -2.61. The van der Waals surface area contributed by atoms with Crippen LogP contribution in [0.1, 0.15) is 77.1 Å². The van der Waals surface area contributed by atoms with Crippen LogP contribution in [-0.2, 0) is 15.7 Å². The van der Waals surface area contributed by atoms with Crippen LogP contribution in [0.15, 0.2) is 47.6 Å². The van der Waals surface area contributed by atoms with Crippen molar-refractivity contribution in [1.29, 1.82) is 0 Å².